The molecule has 0 bridgehead atoms. The summed E-state index contributed by atoms with van der Waals surface area (Å²) in [5.74, 6) is -1.46. The van der Waals surface area contributed by atoms with Crippen molar-refractivity contribution in [1.82, 2.24) is 5.32 Å². The number of hydrogen-bond donors (Lipinski definition) is 2. The Bertz CT molecular complexity index is 199. The largest absolute Gasteiger partial charge is 0.478 e. The molecule has 2 N–H and O–H groups in total. The van der Waals surface area contributed by atoms with E-state index in [-0.39, 0.29) is 5.91 Å². The second-order valence-corrected chi connectivity index (χ2v) is 2.67. The molecule has 0 radical (unpaired) electrons. The molecule has 0 atom stereocenters. The zero-order valence-corrected chi connectivity index (χ0v) is 7.75. The summed E-state index contributed by atoms with van der Waals surface area (Å²) >= 11 is 0. The molecule has 0 aliphatic rings. The summed E-state index contributed by atoms with van der Waals surface area (Å²) in [6.45, 7) is 2.68. The molecule has 0 aromatic rings. The van der Waals surface area contributed by atoms with E-state index in [2.05, 4.69) is 12.2 Å². The molecule has 74 valence electrons. The van der Waals surface area contributed by atoms with Crippen molar-refractivity contribution in [3.63, 3.8) is 0 Å². The van der Waals surface area contributed by atoms with Crippen molar-refractivity contribution < 1.29 is 14.7 Å². The monoisotopic (exact) mass is 185 g/mol. The number of rotatable bonds is 6. The van der Waals surface area contributed by atoms with Gasteiger partial charge < -0.3 is 10.4 Å². The van der Waals surface area contributed by atoms with Crippen LogP contribution in [0.1, 0.15) is 26.2 Å². The number of nitrogens with one attached hydrogen (secondary N) is 1. The molecule has 0 unspecified atom stereocenters. The second kappa shape index (κ2) is 7.34. The summed E-state index contributed by atoms with van der Waals surface area (Å²) < 4.78 is 0. The quantitative estimate of drug-likeness (QED) is 0.478. The zero-order valence-electron chi connectivity index (χ0n) is 7.75. The molecule has 0 aromatic heterocycles. The molecule has 0 saturated carbocycles. The van der Waals surface area contributed by atoms with Gasteiger partial charge in [-0.3, -0.25) is 4.79 Å². The lowest BCUT2D eigenvalue weighted by Crippen LogP contribution is -2.22. The maximum atomic E-state index is 10.8. The SMILES string of the molecule is CCCCCNC(=O)/C=C/C(=O)O. The minimum absolute atomic E-state index is 0.349. The van der Waals surface area contributed by atoms with E-state index in [4.69, 9.17) is 5.11 Å². The third-order valence-corrected chi connectivity index (χ3v) is 1.46. The molecule has 0 saturated heterocycles. The molecule has 4 nitrogen and oxygen atoms in total. The van der Waals surface area contributed by atoms with Gasteiger partial charge in [-0.2, -0.15) is 0 Å². The van der Waals surface area contributed by atoms with E-state index in [9.17, 15) is 9.59 Å². The van der Waals surface area contributed by atoms with Gasteiger partial charge in [-0.1, -0.05) is 19.8 Å². The van der Waals surface area contributed by atoms with Gasteiger partial charge in [0.25, 0.3) is 0 Å². The smallest absolute Gasteiger partial charge is 0.328 e. The lowest BCUT2D eigenvalue weighted by Gasteiger charge is -1.99. The number of aliphatic carboxylic acids is 1. The van der Waals surface area contributed by atoms with E-state index in [0.717, 1.165) is 31.4 Å². The minimum atomic E-state index is -1.11. The Balaban J connectivity index is 3.46. The first kappa shape index (κ1) is 11.7. The van der Waals surface area contributed by atoms with Crippen LogP contribution in [0.4, 0.5) is 0 Å². The van der Waals surface area contributed by atoms with Crippen molar-refractivity contribution in [2.75, 3.05) is 6.54 Å². The Kier molecular flexibility index (Phi) is 6.59. The van der Waals surface area contributed by atoms with Crippen LogP contribution in [0.25, 0.3) is 0 Å². The molecule has 0 aliphatic carbocycles. The van der Waals surface area contributed by atoms with Gasteiger partial charge in [0.2, 0.25) is 5.91 Å². The minimum Gasteiger partial charge on any atom is -0.478 e. The first-order valence-corrected chi connectivity index (χ1v) is 4.35. The maximum absolute atomic E-state index is 10.8. The van der Waals surface area contributed by atoms with E-state index in [1.54, 1.807) is 0 Å². The number of carboxylic acids is 1. The molecular weight excluding hydrogens is 170 g/mol. The highest BCUT2D eigenvalue weighted by Crippen LogP contribution is 1.90. The van der Waals surface area contributed by atoms with E-state index >= 15 is 0 Å². The highest BCUT2D eigenvalue weighted by molar-refractivity contribution is 5.93. The van der Waals surface area contributed by atoms with Gasteiger partial charge >= 0.3 is 5.97 Å². The van der Waals surface area contributed by atoms with Gasteiger partial charge in [0.05, 0.1) is 0 Å². The third-order valence-electron chi connectivity index (χ3n) is 1.46. The summed E-state index contributed by atoms with van der Waals surface area (Å²) in [7, 11) is 0. The fourth-order valence-corrected chi connectivity index (χ4v) is 0.792. The molecule has 0 heterocycles. The Labute approximate surface area is 77.6 Å². The lowest BCUT2D eigenvalue weighted by molar-refractivity contribution is -0.131. The fraction of sp³-hybridized carbons (Fsp3) is 0.556. The average molecular weight is 185 g/mol. The van der Waals surface area contributed by atoms with Gasteiger partial charge in [-0.25, -0.2) is 4.79 Å². The zero-order chi connectivity index (χ0) is 10.1. The Hall–Kier alpha value is -1.32. The van der Waals surface area contributed by atoms with Crippen LogP contribution in [0.5, 0.6) is 0 Å². The normalized spacial score (nSPS) is 10.2. The predicted octanol–water partition coefficient (Wildman–Crippen LogP) is 0.934. The molecular formula is C9H15NO3. The van der Waals surface area contributed by atoms with Crippen molar-refractivity contribution in [3.8, 4) is 0 Å². The fourth-order valence-electron chi connectivity index (χ4n) is 0.792. The molecule has 0 fully saturated rings. The van der Waals surface area contributed by atoms with Crippen molar-refractivity contribution in [2.24, 2.45) is 0 Å². The van der Waals surface area contributed by atoms with Crippen molar-refractivity contribution in [2.45, 2.75) is 26.2 Å². The molecule has 0 aliphatic heterocycles. The lowest BCUT2D eigenvalue weighted by atomic mass is 10.2. The van der Waals surface area contributed by atoms with E-state index in [0.29, 0.717) is 6.54 Å². The summed E-state index contributed by atoms with van der Waals surface area (Å²) in [6.07, 6.45) is 4.95. The molecule has 0 spiro atoms. The summed E-state index contributed by atoms with van der Waals surface area (Å²) in [5, 5.41) is 10.8. The number of amides is 1. The second-order valence-electron chi connectivity index (χ2n) is 2.67. The third kappa shape index (κ3) is 8.59. The van der Waals surface area contributed by atoms with Gasteiger partial charge in [0.1, 0.15) is 0 Å². The number of hydrogen-bond acceptors (Lipinski definition) is 2. The molecule has 0 rings (SSSR count). The average Bonchev–Trinajstić information content (AvgIpc) is 2.09. The number of carboxylic acid groups (broad SMARTS) is 1. The van der Waals surface area contributed by atoms with Gasteiger partial charge in [0, 0.05) is 18.7 Å². The Morgan fingerprint density at radius 3 is 2.54 bits per heavy atom. The number of unbranched alkanes of at least 4 members (excludes halogenated alkanes) is 2. The van der Waals surface area contributed by atoms with E-state index in [1.807, 2.05) is 0 Å². The van der Waals surface area contributed by atoms with Crippen LogP contribution in [0.15, 0.2) is 12.2 Å². The molecule has 13 heavy (non-hydrogen) atoms. The van der Waals surface area contributed by atoms with Crippen LogP contribution in [0.2, 0.25) is 0 Å². The molecule has 1 amide bonds. The maximum Gasteiger partial charge on any atom is 0.328 e. The van der Waals surface area contributed by atoms with Crippen LogP contribution < -0.4 is 5.32 Å². The Morgan fingerprint density at radius 2 is 2.00 bits per heavy atom. The van der Waals surface area contributed by atoms with Gasteiger partial charge in [-0.05, 0) is 6.42 Å². The van der Waals surface area contributed by atoms with E-state index < -0.39 is 5.97 Å². The van der Waals surface area contributed by atoms with Gasteiger partial charge in [-0.15, -0.1) is 0 Å². The van der Waals surface area contributed by atoms with Gasteiger partial charge in [0.15, 0.2) is 0 Å². The predicted molar refractivity (Wildman–Crippen MR) is 49.3 cm³/mol. The number of carbonyl (C=O) groups is 2. The van der Waals surface area contributed by atoms with Crippen molar-refractivity contribution in [3.05, 3.63) is 12.2 Å². The highest BCUT2D eigenvalue weighted by atomic mass is 16.4. The molecule has 0 aromatic carbocycles. The summed E-state index contributed by atoms with van der Waals surface area (Å²) in [6, 6.07) is 0. The van der Waals surface area contributed by atoms with Crippen molar-refractivity contribution in [1.29, 1.82) is 0 Å². The highest BCUT2D eigenvalue weighted by Gasteiger charge is 1.94. The molecule has 4 heteroatoms. The van der Waals surface area contributed by atoms with Crippen LogP contribution in [-0.2, 0) is 9.59 Å². The van der Waals surface area contributed by atoms with Crippen molar-refractivity contribution >= 4 is 11.9 Å². The van der Waals surface area contributed by atoms with Crippen LogP contribution in [0, 0.1) is 0 Å². The van der Waals surface area contributed by atoms with Crippen LogP contribution >= 0.6 is 0 Å². The van der Waals surface area contributed by atoms with Crippen LogP contribution in [0.3, 0.4) is 0 Å². The first-order valence-electron chi connectivity index (χ1n) is 4.35. The number of carbonyl (C=O) groups excluding carboxylic acids is 1. The first-order chi connectivity index (χ1) is 6.16. The van der Waals surface area contributed by atoms with Crippen LogP contribution in [-0.4, -0.2) is 23.5 Å². The Morgan fingerprint density at radius 1 is 1.31 bits per heavy atom. The summed E-state index contributed by atoms with van der Waals surface area (Å²) in [4.78, 5) is 20.9. The van der Waals surface area contributed by atoms with E-state index in [1.165, 1.54) is 0 Å². The summed E-state index contributed by atoms with van der Waals surface area (Å²) in [5.41, 5.74) is 0. The standard InChI is InChI=1S/C9H15NO3/c1-2-3-4-7-10-8(11)5-6-9(12)13/h5-6H,2-4,7H2,1H3,(H,10,11)(H,12,13)/b6-5+. The topological polar surface area (TPSA) is 66.4 Å².